The van der Waals surface area contributed by atoms with Gasteiger partial charge in [0, 0.05) is 10.4 Å². The van der Waals surface area contributed by atoms with Crippen molar-refractivity contribution in [3.05, 3.63) is 65.7 Å². The van der Waals surface area contributed by atoms with Crippen LogP contribution in [0.4, 0.5) is 0 Å². The number of benzene rings is 3. The highest BCUT2D eigenvalue weighted by molar-refractivity contribution is 6.58. The Morgan fingerprint density at radius 3 is 2.10 bits per heavy atom. The number of rotatable bonds is 2. The molecule has 2 nitrogen and oxygen atoms in total. The molecular formula is C16H12BClO2. The van der Waals surface area contributed by atoms with Gasteiger partial charge in [-0.1, -0.05) is 66.2 Å². The highest BCUT2D eigenvalue weighted by Gasteiger charge is 2.11. The predicted octanol–water partition coefficient (Wildman–Crippen LogP) is 2.84. The van der Waals surface area contributed by atoms with Crippen molar-refractivity contribution in [2.45, 2.75) is 0 Å². The van der Waals surface area contributed by atoms with Crippen LogP contribution in [0.2, 0.25) is 5.02 Å². The van der Waals surface area contributed by atoms with Gasteiger partial charge >= 0.3 is 7.12 Å². The molecule has 4 heteroatoms. The molecule has 0 aromatic heterocycles. The van der Waals surface area contributed by atoms with Gasteiger partial charge in [-0.25, -0.2) is 0 Å². The highest BCUT2D eigenvalue weighted by atomic mass is 35.5. The van der Waals surface area contributed by atoms with Crippen molar-refractivity contribution in [1.82, 2.24) is 0 Å². The van der Waals surface area contributed by atoms with Crippen molar-refractivity contribution in [1.29, 1.82) is 0 Å². The Bertz CT molecular complexity index is 754. The SMILES string of the molecule is OB(O)c1ccc(-c2cccc3c(Cl)cccc23)cc1. The van der Waals surface area contributed by atoms with Gasteiger partial charge in [0.25, 0.3) is 0 Å². The quantitative estimate of drug-likeness (QED) is 0.710. The maximum Gasteiger partial charge on any atom is 0.488 e. The molecule has 0 atom stereocenters. The summed E-state index contributed by atoms with van der Waals surface area (Å²) < 4.78 is 0. The van der Waals surface area contributed by atoms with Crippen LogP contribution in [0.1, 0.15) is 0 Å². The largest absolute Gasteiger partial charge is 0.488 e. The average Bonchev–Trinajstić information content (AvgIpc) is 2.47. The van der Waals surface area contributed by atoms with E-state index in [0.29, 0.717) is 5.46 Å². The van der Waals surface area contributed by atoms with E-state index in [0.717, 1.165) is 26.9 Å². The summed E-state index contributed by atoms with van der Waals surface area (Å²) in [6, 6.07) is 19.0. The van der Waals surface area contributed by atoms with Gasteiger partial charge < -0.3 is 10.0 Å². The summed E-state index contributed by atoms with van der Waals surface area (Å²) in [6.45, 7) is 0. The maximum absolute atomic E-state index is 9.13. The lowest BCUT2D eigenvalue weighted by atomic mass is 9.79. The summed E-state index contributed by atoms with van der Waals surface area (Å²) in [6.07, 6.45) is 0. The molecule has 0 fully saturated rings. The zero-order valence-electron chi connectivity index (χ0n) is 10.6. The monoisotopic (exact) mass is 282 g/mol. The van der Waals surface area contributed by atoms with E-state index in [4.69, 9.17) is 21.6 Å². The first-order chi connectivity index (χ1) is 9.66. The zero-order valence-corrected chi connectivity index (χ0v) is 11.4. The summed E-state index contributed by atoms with van der Waals surface area (Å²) in [5.74, 6) is 0. The summed E-state index contributed by atoms with van der Waals surface area (Å²) >= 11 is 6.22. The molecule has 0 spiro atoms. The van der Waals surface area contributed by atoms with Gasteiger partial charge in [-0.15, -0.1) is 0 Å². The lowest BCUT2D eigenvalue weighted by molar-refractivity contribution is 0.426. The third-order valence-electron chi connectivity index (χ3n) is 3.39. The lowest BCUT2D eigenvalue weighted by Gasteiger charge is -2.09. The molecule has 0 aliphatic rings. The molecule has 3 aromatic carbocycles. The summed E-state index contributed by atoms with van der Waals surface area (Å²) in [7, 11) is -1.44. The van der Waals surface area contributed by atoms with Crippen LogP contribution in [0.15, 0.2) is 60.7 Å². The smallest absolute Gasteiger partial charge is 0.423 e. The molecule has 0 amide bonds. The van der Waals surface area contributed by atoms with Crippen LogP contribution in [0.25, 0.3) is 21.9 Å². The third-order valence-corrected chi connectivity index (χ3v) is 3.72. The summed E-state index contributed by atoms with van der Waals surface area (Å²) in [5.41, 5.74) is 2.57. The van der Waals surface area contributed by atoms with E-state index in [1.807, 2.05) is 48.5 Å². The van der Waals surface area contributed by atoms with Crippen molar-refractivity contribution in [2.75, 3.05) is 0 Å². The number of hydrogen-bond donors (Lipinski definition) is 2. The highest BCUT2D eigenvalue weighted by Crippen LogP contribution is 2.31. The van der Waals surface area contributed by atoms with Crippen molar-refractivity contribution < 1.29 is 10.0 Å². The molecule has 2 N–H and O–H groups in total. The molecule has 0 unspecified atom stereocenters. The Hall–Kier alpha value is -1.81. The van der Waals surface area contributed by atoms with Crippen molar-refractivity contribution >= 4 is 35.0 Å². The lowest BCUT2D eigenvalue weighted by Crippen LogP contribution is -2.29. The molecule has 0 radical (unpaired) electrons. The van der Waals surface area contributed by atoms with E-state index in [2.05, 4.69) is 0 Å². The minimum Gasteiger partial charge on any atom is -0.423 e. The van der Waals surface area contributed by atoms with Crippen molar-refractivity contribution in [2.24, 2.45) is 0 Å². The van der Waals surface area contributed by atoms with Crippen LogP contribution in [0.5, 0.6) is 0 Å². The molecular weight excluding hydrogens is 270 g/mol. The summed E-state index contributed by atoms with van der Waals surface area (Å²) in [5, 5.41) is 21.1. The fourth-order valence-electron chi connectivity index (χ4n) is 2.36. The average molecular weight is 283 g/mol. The van der Waals surface area contributed by atoms with Gasteiger partial charge in [0.2, 0.25) is 0 Å². The Morgan fingerprint density at radius 1 is 0.750 bits per heavy atom. The van der Waals surface area contributed by atoms with Crippen LogP contribution in [-0.2, 0) is 0 Å². The molecule has 0 aliphatic heterocycles. The molecule has 0 heterocycles. The Kier molecular flexibility index (Phi) is 3.49. The molecule has 3 aromatic rings. The van der Waals surface area contributed by atoms with Gasteiger partial charge in [0.05, 0.1) is 0 Å². The fraction of sp³-hybridized carbons (Fsp3) is 0. The second-order valence-corrected chi connectivity index (χ2v) is 5.04. The zero-order chi connectivity index (χ0) is 14.1. The Labute approximate surface area is 122 Å². The number of fused-ring (bicyclic) bond motifs is 1. The van der Waals surface area contributed by atoms with Gasteiger partial charge in [0.1, 0.15) is 0 Å². The minimum atomic E-state index is -1.44. The van der Waals surface area contributed by atoms with E-state index >= 15 is 0 Å². The van der Waals surface area contributed by atoms with Gasteiger partial charge in [-0.3, -0.25) is 0 Å². The topological polar surface area (TPSA) is 40.5 Å². The third kappa shape index (κ3) is 2.31. The molecule has 20 heavy (non-hydrogen) atoms. The second-order valence-electron chi connectivity index (χ2n) is 4.64. The summed E-state index contributed by atoms with van der Waals surface area (Å²) in [4.78, 5) is 0. The molecule has 0 saturated carbocycles. The number of hydrogen-bond acceptors (Lipinski definition) is 2. The minimum absolute atomic E-state index is 0.479. The van der Waals surface area contributed by atoms with E-state index < -0.39 is 7.12 Å². The van der Waals surface area contributed by atoms with E-state index in [9.17, 15) is 0 Å². The van der Waals surface area contributed by atoms with Crippen LogP contribution >= 0.6 is 11.6 Å². The van der Waals surface area contributed by atoms with Crippen LogP contribution in [-0.4, -0.2) is 17.2 Å². The van der Waals surface area contributed by atoms with Gasteiger partial charge in [-0.05, 0) is 28.0 Å². The van der Waals surface area contributed by atoms with E-state index in [1.54, 1.807) is 12.1 Å². The van der Waals surface area contributed by atoms with Crippen molar-refractivity contribution in [3.8, 4) is 11.1 Å². The van der Waals surface area contributed by atoms with E-state index in [1.165, 1.54) is 0 Å². The maximum atomic E-state index is 9.13. The number of halogens is 1. The normalized spacial score (nSPS) is 10.8. The molecule has 0 aliphatic carbocycles. The van der Waals surface area contributed by atoms with Gasteiger partial charge in [-0.2, -0.15) is 0 Å². The van der Waals surface area contributed by atoms with E-state index in [-0.39, 0.29) is 0 Å². The molecule has 0 saturated heterocycles. The first-order valence-electron chi connectivity index (χ1n) is 6.30. The van der Waals surface area contributed by atoms with Crippen LogP contribution < -0.4 is 5.46 Å². The van der Waals surface area contributed by atoms with Crippen LogP contribution in [0, 0.1) is 0 Å². The Morgan fingerprint density at radius 2 is 1.40 bits per heavy atom. The Balaban J connectivity index is 2.17. The van der Waals surface area contributed by atoms with Crippen molar-refractivity contribution in [3.63, 3.8) is 0 Å². The molecule has 0 bridgehead atoms. The molecule has 3 rings (SSSR count). The molecule has 98 valence electrons. The standard InChI is InChI=1S/C16H12BClO2/c18-16-6-2-4-14-13(3-1-5-15(14)16)11-7-9-12(10-8-11)17(19)20/h1-10,19-20H. The fourth-order valence-corrected chi connectivity index (χ4v) is 2.60. The first-order valence-corrected chi connectivity index (χ1v) is 6.68. The second kappa shape index (κ2) is 5.29. The first kappa shape index (κ1) is 13.2. The van der Waals surface area contributed by atoms with Gasteiger partial charge in [0.15, 0.2) is 0 Å². The van der Waals surface area contributed by atoms with Crippen LogP contribution in [0.3, 0.4) is 0 Å². The predicted molar refractivity (Wildman–Crippen MR) is 84.2 cm³/mol.